The standard InChI is InChI=1S/C5H13NO4S/c1-4(6)5(2-3-7)11(8,9)10/h4-5,7H,2-3,6H2,1H3,(H,8,9,10)/p-1. The Balaban J connectivity index is 4.36. The van der Waals surface area contributed by atoms with Crippen molar-refractivity contribution >= 4 is 10.1 Å². The molecule has 2 unspecified atom stereocenters. The average Bonchev–Trinajstić information content (AvgIpc) is 1.79. The predicted molar refractivity (Wildman–Crippen MR) is 38.8 cm³/mol. The number of nitrogens with two attached hydrogens (primary N) is 1. The Kier molecular flexibility index (Phi) is 3.95. The molecule has 0 rings (SSSR count). The fourth-order valence-corrected chi connectivity index (χ4v) is 1.72. The van der Waals surface area contributed by atoms with E-state index in [1.165, 1.54) is 6.92 Å². The second-order valence-corrected chi connectivity index (χ2v) is 3.99. The lowest BCUT2D eigenvalue weighted by Crippen LogP contribution is -2.38. The molecule has 0 saturated carbocycles. The van der Waals surface area contributed by atoms with Gasteiger partial charge >= 0.3 is 0 Å². The van der Waals surface area contributed by atoms with Gasteiger partial charge in [0.05, 0.1) is 15.4 Å². The molecule has 0 amide bonds. The Hall–Kier alpha value is -0.170. The van der Waals surface area contributed by atoms with Gasteiger partial charge in [0.1, 0.15) is 0 Å². The lowest BCUT2D eigenvalue weighted by molar-refractivity contribution is 0.277. The SMILES string of the molecule is CC(N)C(CCO)S(=O)(=O)[O-]. The molecule has 0 radical (unpaired) electrons. The van der Waals surface area contributed by atoms with E-state index in [-0.39, 0.29) is 13.0 Å². The van der Waals surface area contributed by atoms with Crippen LogP contribution in [0.25, 0.3) is 0 Å². The van der Waals surface area contributed by atoms with Crippen LogP contribution in [-0.2, 0) is 10.1 Å². The molecule has 6 heteroatoms. The molecule has 0 fully saturated rings. The minimum absolute atomic E-state index is 0.0938. The van der Waals surface area contributed by atoms with Crippen LogP contribution >= 0.6 is 0 Å². The Morgan fingerprint density at radius 2 is 2.09 bits per heavy atom. The van der Waals surface area contributed by atoms with Crippen LogP contribution in [0.1, 0.15) is 13.3 Å². The molecule has 0 spiro atoms. The fourth-order valence-electron chi connectivity index (χ4n) is 0.797. The highest BCUT2D eigenvalue weighted by Crippen LogP contribution is 2.06. The molecule has 2 atom stereocenters. The predicted octanol–water partition coefficient (Wildman–Crippen LogP) is -1.37. The molecule has 0 aromatic rings. The summed E-state index contributed by atoms with van der Waals surface area (Å²) in [5.41, 5.74) is 5.22. The number of hydrogen-bond acceptors (Lipinski definition) is 5. The lowest BCUT2D eigenvalue weighted by atomic mass is 10.2. The van der Waals surface area contributed by atoms with Gasteiger partial charge < -0.3 is 15.4 Å². The third-order valence-corrected chi connectivity index (χ3v) is 2.78. The second-order valence-electron chi connectivity index (χ2n) is 2.40. The van der Waals surface area contributed by atoms with Crippen LogP contribution < -0.4 is 5.73 Å². The Morgan fingerprint density at radius 3 is 2.18 bits per heavy atom. The second kappa shape index (κ2) is 4.01. The molecule has 0 saturated heterocycles. The molecule has 68 valence electrons. The van der Waals surface area contributed by atoms with Gasteiger partial charge in [-0.05, 0) is 13.3 Å². The first-order chi connectivity index (χ1) is 4.89. The van der Waals surface area contributed by atoms with Crippen molar-refractivity contribution in [3.05, 3.63) is 0 Å². The molecular weight excluding hydrogens is 170 g/mol. The van der Waals surface area contributed by atoms with Gasteiger partial charge in [-0.2, -0.15) is 0 Å². The summed E-state index contributed by atoms with van der Waals surface area (Å²) in [5.74, 6) is 0. The van der Waals surface area contributed by atoms with Crippen LogP contribution in [-0.4, -0.2) is 36.0 Å². The first-order valence-electron chi connectivity index (χ1n) is 3.20. The molecule has 0 bridgehead atoms. The highest BCUT2D eigenvalue weighted by atomic mass is 32.2. The van der Waals surface area contributed by atoms with Crippen LogP contribution in [0.4, 0.5) is 0 Å². The molecule has 0 aliphatic carbocycles. The zero-order chi connectivity index (χ0) is 9.07. The van der Waals surface area contributed by atoms with E-state index < -0.39 is 21.4 Å². The summed E-state index contributed by atoms with van der Waals surface area (Å²) in [6.45, 7) is 1.09. The smallest absolute Gasteiger partial charge is 0.0991 e. The van der Waals surface area contributed by atoms with Crippen LogP contribution in [0.3, 0.4) is 0 Å². The Morgan fingerprint density at radius 1 is 1.64 bits per heavy atom. The molecule has 5 nitrogen and oxygen atoms in total. The molecule has 0 aliphatic rings. The van der Waals surface area contributed by atoms with Crippen molar-refractivity contribution in [1.29, 1.82) is 0 Å². The van der Waals surface area contributed by atoms with Gasteiger partial charge in [-0.25, -0.2) is 8.42 Å². The summed E-state index contributed by atoms with van der Waals surface area (Å²) >= 11 is 0. The number of hydrogen-bond donors (Lipinski definition) is 2. The van der Waals surface area contributed by atoms with Gasteiger partial charge in [-0.1, -0.05) is 0 Å². The number of aliphatic hydroxyl groups is 1. The highest BCUT2D eigenvalue weighted by Gasteiger charge is 2.19. The van der Waals surface area contributed by atoms with E-state index in [4.69, 9.17) is 10.8 Å². The molecule has 0 aromatic carbocycles. The van der Waals surface area contributed by atoms with E-state index in [0.717, 1.165) is 0 Å². The third-order valence-electron chi connectivity index (χ3n) is 1.37. The van der Waals surface area contributed by atoms with Crippen molar-refractivity contribution in [1.82, 2.24) is 0 Å². The van der Waals surface area contributed by atoms with Gasteiger partial charge in [0.15, 0.2) is 0 Å². The zero-order valence-electron chi connectivity index (χ0n) is 6.23. The van der Waals surface area contributed by atoms with Crippen molar-refractivity contribution < 1.29 is 18.1 Å². The van der Waals surface area contributed by atoms with Gasteiger partial charge in [0, 0.05) is 12.6 Å². The van der Waals surface area contributed by atoms with Crippen LogP contribution in [0, 0.1) is 0 Å². The fraction of sp³-hybridized carbons (Fsp3) is 1.00. The summed E-state index contributed by atoms with van der Waals surface area (Å²) in [5, 5.41) is 7.22. The van der Waals surface area contributed by atoms with Gasteiger partial charge in [-0.15, -0.1) is 0 Å². The maximum atomic E-state index is 10.4. The number of rotatable bonds is 4. The maximum absolute atomic E-state index is 10.4. The zero-order valence-corrected chi connectivity index (χ0v) is 7.04. The molecule has 11 heavy (non-hydrogen) atoms. The van der Waals surface area contributed by atoms with E-state index in [2.05, 4.69) is 0 Å². The van der Waals surface area contributed by atoms with E-state index in [1.54, 1.807) is 0 Å². The summed E-state index contributed by atoms with van der Waals surface area (Å²) in [6.07, 6.45) is -0.0938. The minimum Gasteiger partial charge on any atom is -0.748 e. The van der Waals surface area contributed by atoms with Crippen LogP contribution in [0.2, 0.25) is 0 Å². The van der Waals surface area contributed by atoms with Gasteiger partial charge in [-0.3, -0.25) is 0 Å². The Labute approximate surface area is 66.0 Å². The van der Waals surface area contributed by atoms with E-state index in [1.807, 2.05) is 0 Å². The summed E-state index contributed by atoms with van der Waals surface area (Å²) in [4.78, 5) is 0. The van der Waals surface area contributed by atoms with Gasteiger partial charge in [0.25, 0.3) is 0 Å². The quantitative estimate of drug-likeness (QED) is 0.522. The molecule has 0 aliphatic heterocycles. The third kappa shape index (κ3) is 3.66. The van der Waals surface area contributed by atoms with E-state index in [9.17, 15) is 13.0 Å². The summed E-state index contributed by atoms with van der Waals surface area (Å²) in [6, 6.07) is -0.732. The lowest BCUT2D eigenvalue weighted by Gasteiger charge is -2.22. The minimum atomic E-state index is -4.36. The normalized spacial score (nSPS) is 17.8. The van der Waals surface area contributed by atoms with Crippen molar-refractivity contribution in [3.63, 3.8) is 0 Å². The van der Waals surface area contributed by atoms with E-state index >= 15 is 0 Å². The number of aliphatic hydroxyl groups excluding tert-OH is 1. The largest absolute Gasteiger partial charge is 0.748 e. The van der Waals surface area contributed by atoms with Crippen molar-refractivity contribution in [2.45, 2.75) is 24.6 Å². The van der Waals surface area contributed by atoms with Gasteiger partial charge in [0.2, 0.25) is 0 Å². The molecule has 0 aromatic heterocycles. The molecule has 0 heterocycles. The van der Waals surface area contributed by atoms with Crippen molar-refractivity contribution in [3.8, 4) is 0 Å². The van der Waals surface area contributed by atoms with Crippen LogP contribution in [0.15, 0.2) is 0 Å². The topological polar surface area (TPSA) is 103 Å². The van der Waals surface area contributed by atoms with Crippen LogP contribution in [0.5, 0.6) is 0 Å². The molecular formula is C5H12NO4S-. The van der Waals surface area contributed by atoms with Crippen molar-refractivity contribution in [2.24, 2.45) is 5.73 Å². The van der Waals surface area contributed by atoms with E-state index in [0.29, 0.717) is 0 Å². The summed E-state index contributed by atoms with van der Waals surface area (Å²) in [7, 11) is -4.36. The highest BCUT2D eigenvalue weighted by molar-refractivity contribution is 7.86. The Bertz CT molecular complexity index is 199. The van der Waals surface area contributed by atoms with Crippen molar-refractivity contribution in [2.75, 3.05) is 6.61 Å². The average molecular weight is 182 g/mol. The monoisotopic (exact) mass is 182 g/mol. The first kappa shape index (κ1) is 10.8. The molecule has 3 N–H and O–H groups in total. The summed E-state index contributed by atoms with van der Waals surface area (Å²) < 4.78 is 31.2. The maximum Gasteiger partial charge on any atom is 0.0991 e. The first-order valence-corrected chi connectivity index (χ1v) is 4.68.